The zero-order chi connectivity index (χ0) is 19.1. The Kier molecular flexibility index (Phi) is 6.72. The number of piperazine rings is 1. The van der Waals surface area contributed by atoms with Crippen molar-refractivity contribution in [3.8, 4) is 6.07 Å². The highest BCUT2D eigenvalue weighted by molar-refractivity contribution is 5.97. The molecule has 0 radical (unpaired) electrons. The van der Waals surface area contributed by atoms with Gasteiger partial charge in [-0.05, 0) is 44.2 Å². The molecule has 0 spiro atoms. The molecule has 2 N–H and O–H groups in total. The van der Waals surface area contributed by atoms with Crippen LogP contribution < -0.4 is 15.5 Å². The Morgan fingerprint density at radius 1 is 1.11 bits per heavy atom. The number of carbonyl (C=O) groups is 1. The maximum Gasteiger partial charge on any atom is 0.263 e. The van der Waals surface area contributed by atoms with Gasteiger partial charge >= 0.3 is 0 Å². The van der Waals surface area contributed by atoms with Crippen LogP contribution in [0.25, 0.3) is 0 Å². The summed E-state index contributed by atoms with van der Waals surface area (Å²) in [5, 5.41) is 15.4. The molecule has 1 aliphatic carbocycles. The smallest absolute Gasteiger partial charge is 0.263 e. The van der Waals surface area contributed by atoms with Crippen molar-refractivity contribution in [3.63, 3.8) is 0 Å². The summed E-state index contributed by atoms with van der Waals surface area (Å²) in [5.74, 6) is -0.286. The van der Waals surface area contributed by atoms with Crippen LogP contribution in [0.4, 0.5) is 11.4 Å². The molecule has 1 saturated heterocycles. The summed E-state index contributed by atoms with van der Waals surface area (Å²) in [6.07, 6.45) is 7.04. The fourth-order valence-electron chi connectivity index (χ4n) is 3.65. The van der Waals surface area contributed by atoms with Gasteiger partial charge in [0.1, 0.15) is 11.6 Å². The second-order valence-corrected chi connectivity index (χ2v) is 7.46. The molecule has 1 heterocycles. The topological polar surface area (TPSA) is 71.4 Å². The second kappa shape index (κ2) is 9.43. The molecular weight excluding hydrogens is 338 g/mol. The van der Waals surface area contributed by atoms with Gasteiger partial charge < -0.3 is 20.4 Å². The van der Waals surface area contributed by atoms with Crippen LogP contribution in [0.2, 0.25) is 0 Å². The summed E-state index contributed by atoms with van der Waals surface area (Å²) in [6, 6.07) is 10.3. The first-order valence-electron chi connectivity index (χ1n) is 9.87. The van der Waals surface area contributed by atoms with Crippen LogP contribution in [0.3, 0.4) is 0 Å². The van der Waals surface area contributed by atoms with Gasteiger partial charge in [-0.25, -0.2) is 0 Å². The van der Waals surface area contributed by atoms with Crippen LogP contribution in [0.15, 0.2) is 36.0 Å². The number of carbonyl (C=O) groups excluding carboxylic acids is 1. The van der Waals surface area contributed by atoms with E-state index in [2.05, 4.69) is 39.6 Å². The third-order valence-electron chi connectivity index (χ3n) is 5.42. The summed E-state index contributed by atoms with van der Waals surface area (Å²) in [6.45, 7) is 4.21. The van der Waals surface area contributed by atoms with E-state index < -0.39 is 0 Å². The SMILES string of the molecule is CN1CCN(c2ccc(N/C=C(/C#N)C(=O)NC3CCCCC3)cc2)CC1. The number of likely N-dealkylation sites (N-methyl/N-ethyl adjacent to an activating group) is 1. The van der Waals surface area contributed by atoms with Gasteiger partial charge in [0, 0.05) is 49.8 Å². The average molecular weight is 367 g/mol. The fraction of sp³-hybridized carbons (Fsp3) is 0.524. The lowest BCUT2D eigenvalue weighted by Gasteiger charge is -2.34. The molecule has 2 fully saturated rings. The van der Waals surface area contributed by atoms with E-state index in [0.717, 1.165) is 57.5 Å². The Labute approximate surface area is 161 Å². The first-order chi connectivity index (χ1) is 13.2. The average Bonchev–Trinajstić information content (AvgIpc) is 2.70. The Hall–Kier alpha value is -2.52. The molecule has 144 valence electrons. The summed E-state index contributed by atoms with van der Waals surface area (Å²) in [4.78, 5) is 17.0. The number of benzene rings is 1. The number of amides is 1. The van der Waals surface area contributed by atoms with Crippen LogP contribution in [0, 0.1) is 11.3 Å². The molecule has 1 aliphatic heterocycles. The van der Waals surface area contributed by atoms with Crippen molar-refractivity contribution in [2.45, 2.75) is 38.1 Å². The van der Waals surface area contributed by atoms with E-state index in [9.17, 15) is 10.1 Å². The first kappa shape index (κ1) is 19.2. The molecule has 3 rings (SSSR count). The maximum absolute atomic E-state index is 12.3. The van der Waals surface area contributed by atoms with Gasteiger partial charge in [0.25, 0.3) is 5.91 Å². The van der Waals surface area contributed by atoms with Crippen molar-refractivity contribution in [1.29, 1.82) is 5.26 Å². The molecule has 6 heteroatoms. The van der Waals surface area contributed by atoms with Crippen molar-refractivity contribution in [1.82, 2.24) is 10.2 Å². The molecule has 1 saturated carbocycles. The standard InChI is InChI=1S/C21H29N5O/c1-25-11-13-26(14-12-25)20-9-7-18(8-10-20)23-16-17(15-22)21(27)24-19-5-3-2-4-6-19/h7-10,16,19,23H,2-6,11-14H2,1H3,(H,24,27)/b17-16-. The maximum atomic E-state index is 12.3. The molecule has 0 atom stereocenters. The molecule has 1 amide bonds. The minimum atomic E-state index is -0.286. The number of anilines is 2. The third kappa shape index (κ3) is 5.48. The van der Waals surface area contributed by atoms with E-state index in [1.165, 1.54) is 18.3 Å². The van der Waals surface area contributed by atoms with Crippen molar-refractivity contribution < 1.29 is 4.79 Å². The van der Waals surface area contributed by atoms with E-state index in [1.807, 2.05) is 18.2 Å². The van der Waals surface area contributed by atoms with Gasteiger partial charge in [0.05, 0.1) is 0 Å². The number of rotatable bonds is 5. The predicted octanol–water partition coefficient (Wildman–Crippen LogP) is 2.71. The van der Waals surface area contributed by atoms with Crippen molar-refractivity contribution in [2.24, 2.45) is 0 Å². The molecule has 0 aromatic heterocycles. The van der Waals surface area contributed by atoms with Gasteiger partial charge in [-0.1, -0.05) is 19.3 Å². The molecule has 2 aliphatic rings. The first-order valence-corrected chi connectivity index (χ1v) is 9.87. The number of hydrogen-bond donors (Lipinski definition) is 2. The fourth-order valence-corrected chi connectivity index (χ4v) is 3.65. The number of hydrogen-bond acceptors (Lipinski definition) is 5. The van der Waals surface area contributed by atoms with E-state index in [1.54, 1.807) is 0 Å². The quantitative estimate of drug-likeness (QED) is 0.618. The van der Waals surface area contributed by atoms with Crippen LogP contribution >= 0.6 is 0 Å². The van der Waals surface area contributed by atoms with Crippen molar-refractivity contribution in [3.05, 3.63) is 36.0 Å². The number of nitriles is 1. The molecule has 0 unspecified atom stereocenters. The van der Waals surface area contributed by atoms with Crippen molar-refractivity contribution >= 4 is 17.3 Å². The normalized spacial score (nSPS) is 19.4. The Bertz CT molecular complexity index is 692. The summed E-state index contributed by atoms with van der Waals surface area (Å²) in [7, 11) is 2.15. The van der Waals surface area contributed by atoms with Gasteiger partial charge in [-0.3, -0.25) is 4.79 Å². The number of nitrogens with one attached hydrogen (secondary N) is 2. The highest BCUT2D eigenvalue weighted by Crippen LogP contribution is 2.20. The second-order valence-electron chi connectivity index (χ2n) is 7.46. The van der Waals surface area contributed by atoms with E-state index >= 15 is 0 Å². The minimum Gasteiger partial charge on any atom is -0.369 e. The highest BCUT2D eigenvalue weighted by Gasteiger charge is 2.18. The zero-order valence-electron chi connectivity index (χ0n) is 16.1. The lowest BCUT2D eigenvalue weighted by molar-refractivity contribution is -0.118. The van der Waals surface area contributed by atoms with Crippen LogP contribution in [0.5, 0.6) is 0 Å². The third-order valence-corrected chi connectivity index (χ3v) is 5.42. The largest absolute Gasteiger partial charge is 0.369 e. The molecule has 1 aromatic carbocycles. The summed E-state index contributed by atoms with van der Waals surface area (Å²) in [5.41, 5.74) is 2.18. The van der Waals surface area contributed by atoms with Crippen LogP contribution in [-0.4, -0.2) is 50.1 Å². The summed E-state index contributed by atoms with van der Waals surface area (Å²) < 4.78 is 0. The molecule has 27 heavy (non-hydrogen) atoms. The van der Waals surface area contributed by atoms with Gasteiger partial charge in [0.2, 0.25) is 0 Å². The Morgan fingerprint density at radius 3 is 2.41 bits per heavy atom. The van der Waals surface area contributed by atoms with Gasteiger partial charge in [-0.2, -0.15) is 5.26 Å². The Morgan fingerprint density at radius 2 is 1.78 bits per heavy atom. The zero-order valence-corrected chi connectivity index (χ0v) is 16.1. The lowest BCUT2D eigenvalue weighted by atomic mass is 9.95. The summed E-state index contributed by atoms with van der Waals surface area (Å²) >= 11 is 0. The van der Waals surface area contributed by atoms with Crippen LogP contribution in [-0.2, 0) is 4.79 Å². The molecular formula is C21H29N5O. The monoisotopic (exact) mass is 367 g/mol. The Balaban J connectivity index is 1.55. The van der Waals surface area contributed by atoms with Crippen LogP contribution in [0.1, 0.15) is 32.1 Å². The van der Waals surface area contributed by atoms with E-state index in [4.69, 9.17) is 0 Å². The van der Waals surface area contributed by atoms with Gasteiger partial charge in [0.15, 0.2) is 0 Å². The molecule has 1 aromatic rings. The predicted molar refractivity (Wildman–Crippen MR) is 108 cm³/mol. The molecule has 0 bridgehead atoms. The van der Waals surface area contributed by atoms with Gasteiger partial charge in [-0.15, -0.1) is 0 Å². The number of nitrogens with zero attached hydrogens (tertiary/aromatic N) is 3. The highest BCUT2D eigenvalue weighted by atomic mass is 16.1. The van der Waals surface area contributed by atoms with E-state index in [0.29, 0.717) is 0 Å². The molecule has 6 nitrogen and oxygen atoms in total. The van der Waals surface area contributed by atoms with Crippen molar-refractivity contribution in [2.75, 3.05) is 43.4 Å². The van der Waals surface area contributed by atoms with E-state index in [-0.39, 0.29) is 17.5 Å². The lowest BCUT2D eigenvalue weighted by Crippen LogP contribution is -2.44. The minimum absolute atomic E-state index is 0.115.